The minimum Gasteiger partial charge on any atom is -0.508 e. The Labute approximate surface area is 873 Å². The lowest BCUT2D eigenvalue weighted by atomic mass is 10.0. The number of piperidine rings is 5. The van der Waals surface area contributed by atoms with Gasteiger partial charge in [-0.2, -0.15) is 65.9 Å². The standard InChI is InChI=1S/C24H27F3N4S.C22H25F3N4OS.C21H23F3N4S.C20H21F3N4OS.C20H21F3N4S/c1-15-10-20(15)17-4-2-16(3-5-17)13-31-8-6-18(7-9-31)30-22-21-11-19(12-24(25,26)27)32-23(21)29-14-28-22;1-14-2-3-15(16(8-14)12-30)11-29-6-4-17(5-7-29)28-20-19-9-18(10-22(23,24)25)31-21(19)27-13-26-20;1-14-2-4-15(5-3-14)12-28-8-6-16(7-9-28)27-19-18-10-17(11-21(22,23)24)29-20(18)26-13-25-19;21-20(22,23)10-16-9-17-18(24-12-25-19(17)29-16)26-14-4-6-27(7-5-14)11-13-2-1-3-15(28)8-13;21-20(22,23)11-16-10-17-18(24-13-25-19(17)28-16)26-15-6-8-27(9-7-15)12-14-4-2-1-3-5-14/h2-5,11,14-15,18,20H,6-10,12-13H2,1H3,(H,28,29,30);2-3,8-9,13,17,30H,4-7,10-12H2,1H3,(H,26,27,28);2-5,10,13,16H,6-9,11-12H2,1H3,(H,25,26,27);1-3,8-9,12,14,28H,4-7,10-11H2,(H,24,25,26);1-5,10,13,15H,6-9,11-12H2,(H,24,25,26)/t15-,20-;;;;/m0..../s1. The van der Waals surface area contributed by atoms with Gasteiger partial charge in [-0.05, 0) is 178 Å². The van der Waals surface area contributed by atoms with E-state index >= 15 is 0 Å². The van der Waals surface area contributed by atoms with Crippen LogP contribution in [0.3, 0.4) is 0 Å². The van der Waals surface area contributed by atoms with Crippen LogP contribution in [0.2, 0.25) is 0 Å². The number of aromatic nitrogens is 10. The Morgan fingerprint density at radius 2 is 0.570 bits per heavy atom. The van der Waals surface area contributed by atoms with Gasteiger partial charge in [0.25, 0.3) is 0 Å². The SMILES string of the molecule is C[C@H]1C[C@@H]1c1ccc(CN2CCC(Nc3ncnc4sc(CC(F)(F)F)cc34)CC2)cc1.Cc1ccc(CN2CCC(Nc3ncnc4sc(CC(F)(F)F)cc34)CC2)c(CO)c1.Cc1ccc(CN2CCC(Nc3ncnc4sc(CC(F)(F)F)cc34)CC2)cc1.FC(F)(F)Cc1cc2c(NC3CCN(Cc4ccccc4)CC3)ncnc2s1.Oc1cccc(CN2CCC(Nc3ncnc4sc(CC(F)(F)F)cc34)CC2)c1. The lowest BCUT2D eigenvalue weighted by molar-refractivity contribution is -0.127. The van der Waals surface area contributed by atoms with Crippen LogP contribution in [-0.2, 0) is 71.4 Å². The van der Waals surface area contributed by atoms with Gasteiger partial charge >= 0.3 is 30.9 Å². The number of nitrogens with zero attached hydrogens (tertiary/aromatic N) is 15. The quantitative estimate of drug-likeness (QED) is 0.0237. The van der Waals surface area contributed by atoms with Crippen molar-refractivity contribution < 1.29 is 76.1 Å². The van der Waals surface area contributed by atoms with Crippen LogP contribution >= 0.6 is 56.7 Å². The van der Waals surface area contributed by atoms with Crippen molar-refractivity contribution in [3.8, 4) is 5.75 Å². The number of anilines is 5. The number of fused-ring (bicyclic) bond motifs is 5. The summed E-state index contributed by atoms with van der Waals surface area (Å²) in [4.78, 5) is 58.4. The third-order valence-electron chi connectivity index (χ3n) is 27.4. The first-order valence-corrected chi connectivity index (χ1v) is 54.0. The number of hydrogen-bond acceptors (Lipinski definition) is 27. The maximum atomic E-state index is 12.8. The minimum atomic E-state index is -4.23. The number of alkyl halides is 15. The van der Waals surface area contributed by atoms with Crippen LogP contribution < -0.4 is 26.6 Å². The molecule has 5 aromatic carbocycles. The number of likely N-dealkylation sites (tertiary alicyclic amines) is 5. The Morgan fingerprint density at radius 1 is 0.302 bits per heavy atom. The molecular weight excluding hydrogens is 2040 g/mol. The highest BCUT2D eigenvalue weighted by Crippen LogP contribution is 2.48. The second-order valence-corrected chi connectivity index (χ2v) is 44.9. The molecular formula is C107H117F15N20O2S5. The molecule has 0 amide bonds. The summed E-state index contributed by atoms with van der Waals surface area (Å²) in [7, 11) is 0. The van der Waals surface area contributed by atoms with E-state index in [0.717, 1.165) is 253 Å². The predicted octanol–water partition coefficient (Wildman–Crippen LogP) is 25.3. The zero-order chi connectivity index (χ0) is 105. The lowest BCUT2D eigenvalue weighted by Gasteiger charge is -2.33. The average molecular weight is 2160 g/mol. The molecule has 2 atom stereocenters. The molecule has 0 spiro atoms. The van der Waals surface area contributed by atoms with Crippen molar-refractivity contribution in [2.24, 2.45) is 5.92 Å². The van der Waals surface area contributed by atoms with Crippen LogP contribution in [0, 0.1) is 19.8 Å². The van der Waals surface area contributed by atoms with Crippen LogP contribution in [0.4, 0.5) is 94.9 Å². The fraction of sp³-hybridized carbons (Fsp3) is 0.439. The molecule has 0 unspecified atom stereocenters. The Balaban J connectivity index is 0.000000127. The van der Waals surface area contributed by atoms with Crippen LogP contribution in [0.15, 0.2) is 183 Å². The molecule has 15 aromatic rings. The van der Waals surface area contributed by atoms with E-state index in [0.29, 0.717) is 80.2 Å². The summed E-state index contributed by atoms with van der Waals surface area (Å²) in [6.45, 7) is 20.3. The molecule has 42 heteroatoms. The third kappa shape index (κ3) is 32.4. The molecule has 0 bridgehead atoms. The molecule has 0 radical (unpaired) electrons. The van der Waals surface area contributed by atoms with Crippen LogP contribution in [0.1, 0.15) is 158 Å². The number of aryl methyl sites for hydroxylation is 2. The first-order valence-electron chi connectivity index (χ1n) is 49.9. The Morgan fingerprint density at radius 3 is 0.852 bits per heavy atom. The van der Waals surface area contributed by atoms with E-state index in [1.807, 2.05) is 31.2 Å². The molecule has 1 saturated carbocycles. The Hall–Kier alpha value is -11.2. The number of nitrogens with one attached hydrogen (secondary N) is 5. The molecule has 149 heavy (non-hydrogen) atoms. The van der Waals surface area contributed by atoms with Gasteiger partial charge in [0, 0.05) is 153 Å². The average Bonchev–Trinajstić information content (AvgIpc) is 1.68. The predicted molar refractivity (Wildman–Crippen MR) is 561 cm³/mol. The second kappa shape index (κ2) is 49.1. The number of thiophene rings is 5. The molecule has 10 aromatic heterocycles. The van der Waals surface area contributed by atoms with Crippen molar-refractivity contribution in [1.29, 1.82) is 0 Å². The summed E-state index contributed by atoms with van der Waals surface area (Å²) in [6.07, 6.45) is -7.93. The summed E-state index contributed by atoms with van der Waals surface area (Å²) < 4.78 is 191. The zero-order valence-electron chi connectivity index (χ0n) is 82.3. The third-order valence-corrected chi connectivity index (χ3v) is 32.6. The number of hydrogen-bond donors (Lipinski definition) is 7. The molecule has 21 rings (SSSR count). The van der Waals surface area contributed by atoms with Gasteiger partial charge in [0.15, 0.2) is 0 Å². The first kappa shape index (κ1) is 109. The van der Waals surface area contributed by atoms with Crippen molar-refractivity contribution >= 4 is 137 Å². The minimum absolute atomic E-state index is 0.0374. The van der Waals surface area contributed by atoms with Crippen molar-refractivity contribution in [3.05, 3.63) is 258 Å². The number of rotatable bonds is 27. The van der Waals surface area contributed by atoms with E-state index in [1.54, 1.807) is 42.5 Å². The van der Waals surface area contributed by atoms with Gasteiger partial charge in [0.05, 0.1) is 65.6 Å². The van der Waals surface area contributed by atoms with E-state index in [1.165, 1.54) is 65.9 Å². The first-order chi connectivity index (χ1) is 71.3. The maximum Gasteiger partial charge on any atom is 0.393 e. The molecule has 15 heterocycles. The molecule has 5 aliphatic heterocycles. The van der Waals surface area contributed by atoms with E-state index < -0.39 is 63.0 Å². The maximum absolute atomic E-state index is 12.8. The highest BCUT2D eigenvalue weighted by atomic mass is 32.1. The summed E-state index contributed by atoms with van der Waals surface area (Å²) in [5.41, 5.74) is 11.0. The largest absolute Gasteiger partial charge is 0.508 e. The number of phenolic OH excluding ortho intramolecular Hbond substituents is 1. The molecule has 1 aliphatic carbocycles. The van der Waals surface area contributed by atoms with Crippen LogP contribution in [-0.4, -0.2) is 211 Å². The summed E-state index contributed by atoms with van der Waals surface area (Å²) in [5.74, 6) is 4.98. The summed E-state index contributed by atoms with van der Waals surface area (Å²) in [6, 6.07) is 50.6. The van der Waals surface area contributed by atoms with E-state index in [9.17, 15) is 76.1 Å². The normalized spacial score (nSPS) is 17.7. The number of aliphatic hydroxyl groups is 1. The highest BCUT2D eigenvalue weighted by molar-refractivity contribution is 7.20. The highest BCUT2D eigenvalue weighted by Gasteiger charge is 2.38. The van der Waals surface area contributed by atoms with E-state index in [-0.39, 0.29) is 67.0 Å². The van der Waals surface area contributed by atoms with Gasteiger partial charge in [-0.1, -0.05) is 127 Å². The Kier molecular flexibility index (Phi) is 35.9. The lowest BCUT2D eigenvalue weighted by Crippen LogP contribution is -2.39. The molecule has 792 valence electrons. The van der Waals surface area contributed by atoms with Gasteiger partial charge in [0.1, 0.15) is 90.6 Å². The molecule has 6 fully saturated rings. The topological polar surface area (TPSA) is 246 Å². The molecule has 22 nitrogen and oxygen atoms in total. The van der Waals surface area contributed by atoms with E-state index in [4.69, 9.17) is 0 Å². The number of aromatic hydroxyl groups is 1. The van der Waals surface area contributed by atoms with Gasteiger partial charge < -0.3 is 36.8 Å². The van der Waals surface area contributed by atoms with Crippen molar-refractivity contribution in [2.75, 3.05) is 92.0 Å². The molecule has 5 saturated heterocycles. The van der Waals surface area contributed by atoms with E-state index in [2.05, 4.69) is 200 Å². The number of benzene rings is 5. The molecule has 7 N–H and O–H groups in total. The van der Waals surface area contributed by atoms with Gasteiger partial charge in [-0.25, -0.2) is 49.8 Å². The fourth-order valence-corrected chi connectivity index (χ4v) is 24.7. The summed E-state index contributed by atoms with van der Waals surface area (Å²) >= 11 is 5.39. The second-order valence-electron chi connectivity index (χ2n) is 39.3. The van der Waals surface area contributed by atoms with Crippen LogP contribution in [0.25, 0.3) is 51.1 Å². The molecule has 6 aliphatic rings. The smallest absolute Gasteiger partial charge is 0.393 e. The Bertz CT molecular complexity index is 6870. The van der Waals surface area contributed by atoms with Crippen molar-refractivity contribution in [1.82, 2.24) is 74.3 Å². The van der Waals surface area contributed by atoms with Crippen molar-refractivity contribution in [2.45, 2.75) is 230 Å². The van der Waals surface area contributed by atoms with Crippen molar-refractivity contribution in [3.63, 3.8) is 0 Å². The number of phenols is 1. The summed E-state index contributed by atoms with van der Waals surface area (Å²) in [5, 5.41) is 39.7. The van der Waals surface area contributed by atoms with Gasteiger partial charge in [-0.3, -0.25) is 24.5 Å². The monoisotopic (exact) mass is 2160 g/mol. The van der Waals surface area contributed by atoms with Gasteiger partial charge in [-0.15, -0.1) is 56.7 Å². The zero-order valence-corrected chi connectivity index (χ0v) is 86.4. The van der Waals surface area contributed by atoms with Crippen LogP contribution in [0.5, 0.6) is 5.75 Å². The number of halogens is 15. The van der Waals surface area contributed by atoms with Gasteiger partial charge in [0.2, 0.25) is 0 Å². The fourth-order valence-electron chi connectivity index (χ4n) is 19.6. The number of aliphatic hydroxyl groups excluding tert-OH is 1.